The molecule has 2 rings (SSSR count). The van der Waals surface area contributed by atoms with Gasteiger partial charge in [0.25, 0.3) is 0 Å². The lowest BCUT2D eigenvalue weighted by Crippen LogP contribution is -2.07. The summed E-state index contributed by atoms with van der Waals surface area (Å²) in [5.41, 5.74) is 0.134. The van der Waals surface area contributed by atoms with Gasteiger partial charge >= 0.3 is 5.97 Å². The van der Waals surface area contributed by atoms with E-state index in [-0.39, 0.29) is 24.2 Å². The van der Waals surface area contributed by atoms with Crippen LogP contribution in [0.3, 0.4) is 0 Å². The second-order valence-corrected chi connectivity index (χ2v) is 4.36. The number of methoxy groups -OCH3 is 3. The van der Waals surface area contributed by atoms with Gasteiger partial charge in [0.05, 0.1) is 27.8 Å². The van der Waals surface area contributed by atoms with Crippen molar-refractivity contribution in [2.24, 2.45) is 0 Å². The van der Waals surface area contributed by atoms with Crippen LogP contribution in [0.1, 0.15) is 12.2 Å². The fourth-order valence-electron chi connectivity index (χ4n) is 2.01. The van der Waals surface area contributed by atoms with Crippen LogP contribution in [-0.4, -0.2) is 27.3 Å². The van der Waals surface area contributed by atoms with Crippen LogP contribution in [0.5, 0.6) is 11.5 Å². The van der Waals surface area contributed by atoms with Gasteiger partial charge in [-0.05, 0) is 0 Å². The van der Waals surface area contributed by atoms with E-state index in [0.29, 0.717) is 28.2 Å². The first kappa shape index (κ1) is 14.9. The van der Waals surface area contributed by atoms with Gasteiger partial charge in [-0.25, -0.2) is 0 Å². The molecule has 1 aromatic heterocycles. The Morgan fingerprint density at radius 1 is 1.14 bits per heavy atom. The molecule has 0 bridgehead atoms. The first-order valence-corrected chi connectivity index (χ1v) is 6.34. The molecule has 0 aliphatic heterocycles. The maximum atomic E-state index is 12.2. The zero-order valence-corrected chi connectivity index (χ0v) is 12.1. The fourth-order valence-corrected chi connectivity index (χ4v) is 2.01. The van der Waals surface area contributed by atoms with Crippen molar-refractivity contribution in [2.45, 2.75) is 12.8 Å². The number of hydrogen-bond acceptors (Lipinski definition) is 6. The number of ether oxygens (including phenoxy) is 3. The summed E-state index contributed by atoms with van der Waals surface area (Å²) in [6.07, 6.45) is 0.434. The first-order valence-electron chi connectivity index (χ1n) is 6.34. The van der Waals surface area contributed by atoms with Gasteiger partial charge in [0.1, 0.15) is 28.2 Å². The van der Waals surface area contributed by atoms with Gasteiger partial charge < -0.3 is 18.6 Å². The molecule has 0 aliphatic rings. The highest BCUT2D eigenvalue weighted by Crippen LogP contribution is 2.29. The number of hydrogen-bond donors (Lipinski definition) is 0. The summed E-state index contributed by atoms with van der Waals surface area (Å²) in [6, 6.07) is 4.59. The van der Waals surface area contributed by atoms with E-state index in [2.05, 4.69) is 4.74 Å². The molecule has 0 atom stereocenters. The van der Waals surface area contributed by atoms with E-state index in [0.717, 1.165) is 0 Å². The molecule has 6 nitrogen and oxygen atoms in total. The summed E-state index contributed by atoms with van der Waals surface area (Å²) >= 11 is 0. The van der Waals surface area contributed by atoms with Crippen molar-refractivity contribution in [2.75, 3.05) is 21.3 Å². The summed E-state index contributed by atoms with van der Waals surface area (Å²) in [5.74, 6) is 0.958. The molecule has 0 aliphatic carbocycles. The minimum Gasteiger partial charge on any atom is -0.496 e. The van der Waals surface area contributed by atoms with Gasteiger partial charge in [-0.2, -0.15) is 0 Å². The Balaban J connectivity index is 2.48. The summed E-state index contributed by atoms with van der Waals surface area (Å²) in [6.45, 7) is 0. The van der Waals surface area contributed by atoms with E-state index in [1.165, 1.54) is 27.4 Å². The maximum Gasteiger partial charge on any atom is 0.305 e. The molecule has 2 aromatic rings. The van der Waals surface area contributed by atoms with E-state index in [1.54, 1.807) is 12.1 Å². The molecule has 0 saturated heterocycles. The van der Waals surface area contributed by atoms with Crippen molar-refractivity contribution in [3.63, 3.8) is 0 Å². The average molecular weight is 292 g/mol. The van der Waals surface area contributed by atoms with Crippen molar-refractivity contribution in [3.8, 4) is 11.5 Å². The van der Waals surface area contributed by atoms with Crippen molar-refractivity contribution < 1.29 is 23.4 Å². The van der Waals surface area contributed by atoms with Crippen LogP contribution in [0.2, 0.25) is 0 Å². The molecule has 0 spiro atoms. The fraction of sp³-hybridized carbons (Fsp3) is 0.333. The minimum atomic E-state index is -0.360. The average Bonchev–Trinajstić information content (AvgIpc) is 2.50. The summed E-state index contributed by atoms with van der Waals surface area (Å²) < 4.78 is 20.6. The van der Waals surface area contributed by atoms with Gasteiger partial charge in [-0.3, -0.25) is 9.59 Å². The number of fused-ring (bicyclic) bond motifs is 1. The molecule has 112 valence electrons. The third-order valence-electron chi connectivity index (χ3n) is 3.08. The van der Waals surface area contributed by atoms with Crippen molar-refractivity contribution in [1.82, 2.24) is 0 Å². The minimum absolute atomic E-state index is 0.145. The number of benzene rings is 1. The van der Waals surface area contributed by atoms with Crippen molar-refractivity contribution >= 4 is 16.9 Å². The number of rotatable bonds is 5. The Morgan fingerprint density at radius 2 is 1.90 bits per heavy atom. The van der Waals surface area contributed by atoms with E-state index >= 15 is 0 Å². The Hall–Kier alpha value is -2.50. The molecule has 0 radical (unpaired) electrons. The van der Waals surface area contributed by atoms with Gasteiger partial charge in [0, 0.05) is 24.6 Å². The third-order valence-corrected chi connectivity index (χ3v) is 3.08. The number of aryl methyl sites for hydroxylation is 1. The summed E-state index contributed by atoms with van der Waals surface area (Å²) in [7, 11) is 4.30. The molecular weight excluding hydrogens is 276 g/mol. The highest BCUT2D eigenvalue weighted by molar-refractivity contribution is 5.85. The van der Waals surface area contributed by atoms with Gasteiger partial charge in [-0.1, -0.05) is 0 Å². The summed E-state index contributed by atoms with van der Waals surface area (Å²) in [4.78, 5) is 23.3. The SMILES string of the molecule is COC(=O)CCc1cc(=O)c2c(OC)cc(OC)cc2o1. The molecule has 0 amide bonds. The van der Waals surface area contributed by atoms with Crippen LogP contribution in [-0.2, 0) is 16.0 Å². The quantitative estimate of drug-likeness (QED) is 0.784. The molecule has 0 N–H and O–H groups in total. The molecule has 0 unspecified atom stereocenters. The monoisotopic (exact) mass is 292 g/mol. The zero-order valence-electron chi connectivity index (χ0n) is 12.1. The van der Waals surface area contributed by atoms with Crippen LogP contribution >= 0.6 is 0 Å². The maximum absolute atomic E-state index is 12.2. The summed E-state index contributed by atoms with van der Waals surface area (Å²) in [5, 5.41) is 0.347. The Labute approximate surface area is 121 Å². The van der Waals surface area contributed by atoms with Crippen molar-refractivity contribution in [1.29, 1.82) is 0 Å². The van der Waals surface area contributed by atoms with Crippen molar-refractivity contribution in [3.05, 3.63) is 34.2 Å². The molecule has 21 heavy (non-hydrogen) atoms. The highest BCUT2D eigenvalue weighted by Gasteiger charge is 2.13. The third kappa shape index (κ3) is 3.16. The van der Waals surface area contributed by atoms with E-state index in [1.807, 2.05) is 0 Å². The topological polar surface area (TPSA) is 75.0 Å². The lowest BCUT2D eigenvalue weighted by atomic mass is 10.1. The molecule has 1 heterocycles. The normalized spacial score (nSPS) is 10.4. The lowest BCUT2D eigenvalue weighted by Gasteiger charge is -2.08. The second kappa shape index (κ2) is 6.30. The Kier molecular flexibility index (Phi) is 4.47. The number of esters is 1. The van der Waals surface area contributed by atoms with Gasteiger partial charge in [-0.15, -0.1) is 0 Å². The Bertz CT molecular complexity index is 716. The molecule has 6 heteroatoms. The largest absolute Gasteiger partial charge is 0.496 e. The lowest BCUT2D eigenvalue weighted by molar-refractivity contribution is -0.140. The molecular formula is C15H16O6. The molecule has 0 saturated carbocycles. The standard InChI is InChI=1S/C15H16O6/c1-18-10-7-12(19-2)15-11(16)6-9(21-13(15)8-10)4-5-14(17)20-3/h6-8H,4-5H2,1-3H3. The molecule has 0 fully saturated rings. The highest BCUT2D eigenvalue weighted by atomic mass is 16.5. The van der Waals surface area contributed by atoms with Gasteiger partial charge in [0.15, 0.2) is 5.43 Å². The van der Waals surface area contributed by atoms with Crippen LogP contribution < -0.4 is 14.9 Å². The molecule has 1 aromatic carbocycles. The Morgan fingerprint density at radius 3 is 2.52 bits per heavy atom. The van der Waals surface area contributed by atoms with E-state index < -0.39 is 0 Å². The number of carbonyl (C=O) groups excluding carboxylic acids is 1. The van der Waals surface area contributed by atoms with Gasteiger partial charge in [0.2, 0.25) is 0 Å². The van der Waals surface area contributed by atoms with E-state index in [9.17, 15) is 9.59 Å². The van der Waals surface area contributed by atoms with Crippen LogP contribution in [0, 0.1) is 0 Å². The first-order chi connectivity index (χ1) is 10.1. The predicted octanol–water partition coefficient (Wildman–Crippen LogP) is 1.92. The van der Waals surface area contributed by atoms with Crippen LogP contribution in [0.25, 0.3) is 11.0 Å². The smallest absolute Gasteiger partial charge is 0.305 e. The zero-order chi connectivity index (χ0) is 15.4. The van der Waals surface area contributed by atoms with E-state index in [4.69, 9.17) is 13.9 Å². The second-order valence-electron chi connectivity index (χ2n) is 4.36. The number of carbonyl (C=O) groups is 1. The predicted molar refractivity (Wildman–Crippen MR) is 75.9 cm³/mol. The van der Waals surface area contributed by atoms with Crippen LogP contribution in [0.4, 0.5) is 0 Å². The van der Waals surface area contributed by atoms with Crippen LogP contribution in [0.15, 0.2) is 27.4 Å².